The number of sulfonamides is 1. The van der Waals surface area contributed by atoms with Crippen molar-refractivity contribution in [1.82, 2.24) is 9.71 Å². The topological polar surface area (TPSA) is 59.1 Å². The first-order chi connectivity index (χ1) is 8.16. The molecule has 1 N–H and O–H groups in total. The lowest BCUT2D eigenvalue weighted by atomic mass is 10.3. The highest BCUT2D eigenvalue weighted by molar-refractivity contribution is 7.89. The van der Waals surface area contributed by atoms with Crippen LogP contribution < -0.4 is 4.72 Å². The summed E-state index contributed by atoms with van der Waals surface area (Å²) in [5.74, 6) is 0. The lowest BCUT2D eigenvalue weighted by molar-refractivity contribution is -0.160. The maximum absolute atomic E-state index is 12.6. The summed E-state index contributed by atoms with van der Waals surface area (Å²) in [7, 11) is -4.25. The van der Waals surface area contributed by atoms with E-state index in [4.69, 9.17) is 11.6 Å². The molecule has 0 bridgehead atoms. The predicted molar refractivity (Wildman–Crippen MR) is 57.6 cm³/mol. The summed E-state index contributed by atoms with van der Waals surface area (Å²) in [6, 6.07) is 2.30. The molecule has 1 aliphatic carbocycles. The molecule has 1 heterocycles. The summed E-state index contributed by atoms with van der Waals surface area (Å²) in [5, 5.41) is 0.0610. The van der Waals surface area contributed by atoms with Gasteiger partial charge in [-0.2, -0.15) is 17.9 Å². The SMILES string of the molecule is O=S(=O)(NC1(C(F)(F)F)CC1)c1ccc(Cl)nc1. The molecule has 1 aliphatic rings. The van der Waals surface area contributed by atoms with Gasteiger partial charge in [-0.3, -0.25) is 0 Å². The third-order valence-corrected chi connectivity index (χ3v) is 4.38. The van der Waals surface area contributed by atoms with Crippen molar-refractivity contribution >= 4 is 21.6 Å². The predicted octanol–water partition coefficient (Wildman–Crippen LogP) is 2.11. The molecule has 9 heteroatoms. The van der Waals surface area contributed by atoms with E-state index in [9.17, 15) is 21.6 Å². The zero-order valence-corrected chi connectivity index (χ0v) is 10.4. The van der Waals surface area contributed by atoms with E-state index < -0.39 is 21.7 Å². The Hall–Kier alpha value is -0.860. The van der Waals surface area contributed by atoms with Crippen molar-refractivity contribution in [2.45, 2.75) is 29.5 Å². The Morgan fingerprint density at radius 1 is 1.33 bits per heavy atom. The Labute approximate surface area is 106 Å². The summed E-state index contributed by atoms with van der Waals surface area (Å²) in [4.78, 5) is 3.18. The number of rotatable bonds is 3. The lowest BCUT2D eigenvalue weighted by Crippen LogP contribution is -2.47. The summed E-state index contributed by atoms with van der Waals surface area (Å²) in [6.45, 7) is 0. The summed E-state index contributed by atoms with van der Waals surface area (Å²) in [6.07, 6.45) is -4.19. The fourth-order valence-electron chi connectivity index (χ4n) is 1.41. The van der Waals surface area contributed by atoms with Gasteiger partial charge in [0.05, 0.1) is 0 Å². The molecule has 0 aromatic carbocycles. The smallest absolute Gasteiger partial charge is 0.243 e. The van der Waals surface area contributed by atoms with Crippen LogP contribution in [0.3, 0.4) is 0 Å². The second kappa shape index (κ2) is 4.07. The molecule has 18 heavy (non-hydrogen) atoms. The lowest BCUT2D eigenvalue weighted by Gasteiger charge is -2.20. The Morgan fingerprint density at radius 3 is 2.33 bits per heavy atom. The highest BCUT2D eigenvalue weighted by atomic mass is 35.5. The van der Waals surface area contributed by atoms with Crippen molar-refractivity contribution in [3.8, 4) is 0 Å². The molecule has 0 atom stereocenters. The zero-order valence-electron chi connectivity index (χ0n) is 8.83. The van der Waals surface area contributed by atoms with Crippen LogP contribution in [-0.4, -0.2) is 25.1 Å². The first-order valence-corrected chi connectivity index (χ1v) is 6.75. The first-order valence-electron chi connectivity index (χ1n) is 4.89. The van der Waals surface area contributed by atoms with Crippen LogP contribution in [0.25, 0.3) is 0 Å². The normalized spacial score (nSPS) is 18.7. The Balaban J connectivity index is 2.26. The number of pyridine rings is 1. The molecule has 100 valence electrons. The van der Waals surface area contributed by atoms with Crippen molar-refractivity contribution < 1.29 is 21.6 Å². The second-order valence-electron chi connectivity index (χ2n) is 4.00. The Kier molecular flexibility index (Phi) is 3.07. The number of hydrogen-bond acceptors (Lipinski definition) is 3. The fraction of sp³-hybridized carbons (Fsp3) is 0.444. The van der Waals surface area contributed by atoms with Crippen LogP contribution in [0.2, 0.25) is 5.15 Å². The van der Waals surface area contributed by atoms with Crippen molar-refractivity contribution in [3.63, 3.8) is 0 Å². The molecule has 1 saturated carbocycles. The molecule has 0 spiro atoms. The van der Waals surface area contributed by atoms with E-state index >= 15 is 0 Å². The zero-order chi connectivity index (χ0) is 13.6. The molecule has 1 fully saturated rings. The number of nitrogens with zero attached hydrogens (tertiary/aromatic N) is 1. The number of nitrogens with one attached hydrogen (secondary N) is 1. The monoisotopic (exact) mass is 300 g/mol. The van der Waals surface area contributed by atoms with Crippen LogP contribution in [0.1, 0.15) is 12.8 Å². The van der Waals surface area contributed by atoms with Gasteiger partial charge < -0.3 is 0 Å². The van der Waals surface area contributed by atoms with E-state index in [0.717, 1.165) is 12.3 Å². The summed E-state index contributed by atoms with van der Waals surface area (Å²) < 4.78 is 63.1. The quantitative estimate of drug-likeness (QED) is 0.870. The Bertz CT molecular complexity index is 552. The van der Waals surface area contributed by atoms with Crippen molar-refractivity contribution in [3.05, 3.63) is 23.5 Å². The van der Waals surface area contributed by atoms with Crippen LogP contribution in [0.4, 0.5) is 13.2 Å². The standard InChI is InChI=1S/C9H8ClF3N2O2S/c10-7-2-1-6(5-14-7)18(16,17)15-8(3-4-8)9(11,12)13/h1-2,5,15H,3-4H2. The molecule has 1 aromatic rings. The van der Waals surface area contributed by atoms with E-state index in [0.29, 0.717) is 0 Å². The molecule has 0 radical (unpaired) electrons. The van der Waals surface area contributed by atoms with Crippen LogP contribution >= 0.6 is 11.6 Å². The van der Waals surface area contributed by atoms with Crippen LogP contribution in [0.5, 0.6) is 0 Å². The minimum Gasteiger partial charge on any atom is -0.243 e. The summed E-state index contributed by atoms with van der Waals surface area (Å²) in [5.41, 5.74) is -2.33. The van der Waals surface area contributed by atoms with E-state index in [-0.39, 0.29) is 22.9 Å². The van der Waals surface area contributed by atoms with Crippen molar-refractivity contribution in [2.24, 2.45) is 0 Å². The van der Waals surface area contributed by atoms with Crippen molar-refractivity contribution in [2.75, 3.05) is 0 Å². The number of alkyl halides is 3. The van der Waals surface area contributed by atoms with Gasteiger partial charge in [0.15, 0.2) is 0 Å². The van der Waals surface area contributed by atoms with Crippen LogP contribution in [0.15, 0.2) is 23.2 Å². The van der Waals surface area contributed by atoms with E-state index in [1.807, 2.05) is 0 Å². The van der Waals surface area contributed by atoms with E-state index in [2.05, 4.69) is 4.98 Å². The molecule has 1 aromatic heterocycles. The number of aromatic nitrogens is 1. The van der Waals surface area contributed by atoms with Crippen LogP contribution in [-0.2, 0) is 10.0 Å². The average molecular weight is 301 g/mol. The molecule has 0 saturated heterocycles. The molecular formula is C9H8ClF3N2O2S. The third kappa shape index (κ3) is 2.45. The van der Waals surface area contributed by atoms with Gasteiger partial charge in [-0.05, 0) is 25.0 Å². The minimum atomic E-state index is -4.60. The minimum absolute atomic E-state index is 0.0610. The molecule has 0 unspecified atom stereocenters. The Morgan fingerprint density at radius 2 is 1.94 bits per heavy atom. The second-order valence-corrected chi connectivity index (χ2v) is 6.07. The largest absolute Gasteiger partial charge is 0.407 e. The highest BCUT2D eigenvalue weighted by Gasteiger charge is 2.65. The number of hydrogen-bond donors (Lipinski definition) is 1. The van der Waals surface area contributed by atoms with Gasteiger partial charge in [-0.25, -0.2) is 13.4 Å². The van der Waals surface area contributed by atoms with Gasteiger partial charge in [0, 0.05) is 6.20 Å². The van der Waals surface area contributed by atoms with E-state index in [1.165, 1.54) is 6.07 Å². The first kappa shape index (κ1) is 13.6. The van der Waals surface area contributed by atoms with Crippen LogP contribution in [0, 0.1) is 0 Å². The maximum atomic E-state index is 12.6. The maximum Gasteiger partial charge on any atom is 0.407 e. The van der Waals surface area contributed by atoms with E-state index in [1.54, 1.807) is 4.72 Å². The average Bonchev–Trinajstić information content (AvgIpc) is 2.97. The highest BCUT2D eigenvalue weighted by Crippen LogP contribution is 2.49. The van der Waals surface area contributed by atoms with Gasteiger partial charge in [0.25, 0.3) is 0 Å². The molecule has 2 rings (SSSR count). The van der Waals surface area contributed by atoms with Gasteiger partial charge in [-0.1, -0.05) is 11.6 Å². The van der Waals surface area contributed by atoms with Gasteiger partial charge >= 0.3 is 6.18 Å². The van der Waals surface area contributed by atoms with Gasteiger partial charge in [0.1, 0.15) is 15.6 Å². The van der Waals surface area contributed by atoms with Gasteiger partial charge in [-0.15, -0.1) is 0 Å². The summed E-state index contributed by atoms with van der Waals surface area (Å²) >= 11 is 5.47. The number of halogens is 4. The van der Waals surface area contributed by atoms with Crippen molar-refractivity contribution in [1.29, 1.82) is 0 Å². The molecule has 0 amide bonds. The van der Waals surface area contributed by atoms with Gasteiger partial charge in [0.2, 0.25) is 10.0 Å². The molecule has 0 aliphatic heterocycles. The fourth-order valence-corrected chi connectivity index (χ4v) is 2.91. The third-order valence-electron chi connectivity index (χ3n) is 2.63. The molecule has 4 nitrogen and oxygen atoms in total. The molecular weight excluding hydrogens is 293 g/mol.